The van der Waals surface area contributed by atoms with E-state index in [1.165, 1.54) is 166 Å². The molecule has 3 heteroatoms. The molecule has 0 bridgehead atoms. The third-order valence-electron chi connectivity index (χ3n) is 18.1. The van der Waals surface area contributed by atoms with E-state index in [2.05, 4.69) is 306 Å². The van der Waals surface area contributed by atoms with Crippen LogP contribution in [-0.2, 0) is 10.8 Å². The van der Waals surface area contributed by atoms with E-state index >= 15 is 0 Å². The van der Waals surface area contributed by atoms with Crippen molar-refractivity contribution in [2.45, 2.75) is 90.4 Å². The smallest absolute Gasteiger partial charge is 0.252 e. The molecular weight excluding hydrogens is 1000 g/mol. The van der Waals surface area contributed by atoms with Gasteiger partial charge in [-0.2, -0.15) is 0 Å². The van der Waals surface area contributed by atoms with Crippen LogP contribution >= 0.6 is 0 Å². The van der Waals surface area contributed by atoms with Gasteiger partial charge in [0.2, 0.25) is 0 Å². The van der Waals surface area contributed by atoms with E-state index in [4.69, 9.17) is 0 Å². The highest BCUT2D eigenvalue weighted by atomic mass is 15.2. The summed E-state index contributed by atoms with van der Waals surface area (Å²) in [5, 5.41) is 0. The number of hydrogen-bond donors (Lipinski definition) is 0. The minimum absolute atomic E-state index is 0.128. The molecule has 83 heavy (non-hydrogen) atoms. The van der Waals surface area contributed by atoms with Gasteiger partial charge in [0.05, 0.1) is 11.4 Å². The second kappa shape index (κ2) is 21.1. The van der Waals surface area contributed by atoms with Gasteiger partial charge in [-0.05, 0) is 156 Å². The van der Waals surface area contributed by atoms with Crippen LogP contribution in [0.1, 0.15) is 96.3 Å². The molecule has 0 radical (unpaired) electrons. The van der Waals surface area contributed by atoms with Gasteiger partial charge in [0.1, 0.15) is 0 Å². The fourth-order valence-electron chi connectivity index (χ4n) is 13.8. The highest BCUT2D eigenvalue weighted by Gasteiger charge is 2.46. The molecule has 2 aliphatic heterocycles. The minimum atomic E-state index is -0.131. The fraction of sp³-hybridized carbons (Fsp3) is 0.175. The predicted octanol–water partition coefficient (Wildman–Crippen LogP) is 20.4. The molecule has 0 N–H and O–H groups in total. The van der Waals surface area contributed by atoms with Crippen molar-refractivity contribution < 1.29 is 0 Å². The van der Waals surface area contributed by atoms with E-state index in [-0.39, 0.29) is 17.5 Å². The second-order valence-electron chi connectivity index (χ2n) is 25.5. The standard InChI is InChI=1S/C80H71BN2/c1-79(2,3)64-50-66(57-34-20-10-21-35-57)77(67(51-64)58-36-22-11-23-37-58)82-72-44-42-61(54-28-14-7-15-29-54)46-70(72)81-71-47-62(55-30-16-8-17-31-55)43-45-73(71)83(75-49-63(48-74(82)76(75)81)56-32-18-9-19-33-56)78-68(59-38-24-12-25-39-59)52-65(80(4,5)6)53-69(78)60-40-26-13-27-41-60/h7-8,10-17,20-31,34-53,56H,9,18-19,32-33H2,1-6H3. The molecular formula is C80H71BN2. The first-order chi connectivity index (χ1) is 40.5. The highest BCUT2D eigenvalue weighted by Crippen LogP contribution is 2.55. The van der Waals surface area contributed by atoms with Gasteiger partial charge in [-0.15, -0.1) is 0 Å². The van der Waals surface area contributed by atoms with Gasteiger partial charge in [0.25, 0.3) is 6.71 Å². The summed E-state index contributed by atoms with van der Waals surface area (Å²) in [6, 6.07) is 97.1. The van der Waals surface area contributed by atoms with E-state index in [0.29, 0.717) is 5.92 Å². The third-order valence-corrected chi connectivity index (χ3v) is 18.1. The van der Waals surface area contributed by atoms with Crippen molar-refractivity contribution in [3.63, 3.8) is 0 Å². The molecule has 404 valence electrons. The van der Waals surface area contributed by atoms with Crippen molar-refractivity contribution in [1.29, 1.82) is 0 Å². The van der Waals surface area contributed by atoms with E-state index in [9.17, 15) is 0 Å². The Morgan fingerprint density at radius 2 is 0.627 bits per heavy atom. The molecule has 0 spiro atoms. The molecule has 2 heterocycles. The quantitative estimate of drug-likeness (QED) is 0.133. The van der Waals surface area contributed by atoms with E-state index in [0.717, 1.165) is 0 Å². The van der Waals surface area contributed by atoms with Gasteiger partial charge in [0, 0.05) is 45.0 Å². The van der Waals surface area contributed by atoms with Crippen LogP contribution in [0.25, 0.3) is 66.8 Å². The lowest BCUT2D eigenvalue weighted by atomic mass is 9.33. The second-order valence-corrected chi connectivity index (χ2v) is 25.5. The Hall–Kier alpha value is -8.92. The van der Waals surface area contributed by atoms with Gasteiger partial charge >= 0.3 is 0 Å². The fourth-order valence-corrected chi connectivity index (χ4v) is 13.8. The molecule has 14 rings (SSSR count). The molecule has 1 aliphatic carbocycles. The summed E-state index contributed by atoms with van der Waals surface area (Å²) in [6.45, 7) is 14.0. The Morgan fingerprint density at radius 1 is 0.313 bits per heavy atom. The summed E-state index contributed by atoms with van der Waals surface area (Å²) < 4.78 is 0. The van der Waals surface area contributed by atoms with E-state index in [1.807, 2.05) is 0 Å². The Morgan fingerprint density at radius 3 is 0.940 bits per heavy atom. The van der Waals surface area contributed by atoms with Crippen LogP contribution in [0.15, 0.2) is 255 Å². The van der Waals surface area contributed by atoms with Crippen LogP contribution in [0.4, 0.5) is 34.1 Å². The molecule has 1 fully saturated rings. The van der Waals surface area contributed by atoms with Gasteiger partial charge in [-0.1, -0.05) is 267 Å². The lowest BCUT2D eigenvalue weighted by Gasteiger charge is -2.46. The third kappa shape index (κ3) is 9.51. The maximum atomic E-state index is 2.74. The first kappa shape index (κ1) is 52.2. The molecule has 0 saturated heterocycles. The summed E-state index contributed by atoms with van der Waals surface area (Å²) in [7, 11) is 0. The average molecular weight is 1070 g/mol. The van der Waals surface area contributed by atoms with Crippen molar-refractivity contribution >= 4 is 57.2 Å². The van der Waals surface area contributed by atoms with Crippen LogP contribution in [0, 0.1) is 0 Å². The zero-order valence-corrected chi connectivity index (χ0v) is 48.8. The number of benzene rings is 11. The number of rotatable bonds is 9. The molecule has 1 saturated carbocycles. The first-order valence-corrected chi connectivity index (χ1v) is 30.2. The summed E-state index contributed by atoms with van der Waals surface area (Å²) in [4.78, 5) is 5.48. The maximum absolute atomic E-state index is 2.74. The van der Waals surface area contributed by atoms with Crippen LogP contribution < -0.4 is 26.2 Å². The number of hydrogen-bond acceptors (Lipinski definition) is 2. The van der Waals surface area contributed by atoms with Gasteiger partial charge in [-0.25, -0.2) is 0 Å². The van der Waals surface area contributed by atoms with Crippen molar-refractivity contribution in [3.05, 3.63) is 271 Å². The first-order valence-electron chi connectivity index (χ1n) is 30.2. The molecule has 11 aromatic carbocycles. The van der Waals surface area contributed by atoms with Crippen LogP contribution in [0.2, 0.25) is 0 Å². The largest absolute Gasteiger partial charge is 0.310 e. The topological polar surface area (TPSA) is 6.48 Å². The number of nitrogens with zero attached hydrogens (tertiary/aromatic N) is 2. The van der Waals surface area contributed by atoms with Crippen LogP contribution in [0.5, 0.6) is 0 Å². The summed E-state index contributed by atoms with van der Waals surface area (Å²) in [6.07, 6.45) is 6.10. The molecule has 0 atom stereocenters. The SMILES string of the molecule is CC(C)(C)c1cc(-c2ccccc2)c(N2c3ccc(-c4ccccc4)cc3B3c4cc(-c5ccccc5)ccc4N(c4c(-c5ccccc5)cc(C(C)(C)C)cc4-c4ccccc4)c4cc(C5CCCCC5)cc2c43)c(-c2ccccc2)c1. The average Bonchev–Trinajstić information content (AvgIpc) is 0.898. The number of anilines is 6. The van der Waals surface area contributed by atoms with Crippen molar-refractivity contribution in [2.75, 3.05) is 9.80 Å². The molecule has 11 aromatic rings. The predicted molar refractivity (Wildman–Crippen MR) is 356 cm³/mol. The minimum Gasteiger partial charge on any atom is -0.310 e. The maximum Gasteiger partial charge on any atom is 0.252 e. The lowest BCUT2D eigenvalue weighted by Crippen LogP contribution is -2.61. The van der Waals surface area contributed by atoms with Crippen molar-refractivity contribution in [3.8, 4) is 66.8 Å². The summed E-state index contributed by atoms with van der Waals surface area (Å²) in [5.74, 6) is 0.409. The monoisotopic (exact) mass is 1070 g/mol. The molecule has 3 aliphatic rings. The summed E-state index contributed by atoms with van der Waals surface area (Å²) >= 11 is 0. The Bertz CT molecular complexity index is 3790. The van der Waals surface area contributed by atoms with E-state index < -0.39 is 0 Å². The van der Waals surface area contributed by atoms with Crippen LogP contribution in [-0.4, -0.2) is 6.71 Å². The Kier molecular flexibility index (Phi) is 13.3. The van der Waals surface area contributed by atoms with Gasteiger partial charge in [-0.3, -0.25) is 0 Å². The van der Waals surface area contributed by atoms with Crippen molar-refractivity contribution in [1.82, 2.24) is 0 Å². The summed E-state index contributed by atoms with van der Waals surface area (Å²) in [5.41, 5.74) is 29.5. The van der Waals surface area contributed by atoms with Gasteiger partial charge < -0.3 is 9.80 Å². The zero-order valence-electron chi connectivity index (χ0n) is 48.8. The highest BCUT2D eigenvalue weighted by molar-refractivity contribution is 7.00. The normalized spacial score (nSPS) is 14.0. The van der Waals surface area contributed by atoms with Gasteiger partial charge in [0.15, 0.2) is 0 Å². The lowest BCUT2D eigenvalue weighted by molar-refractivity contribution is 0.444. The zero-order chi connectivity index (χ0) is 56.4. The van der Waals surface area contributed by atoms with Crippen molar-refractivity contribution in [2.24, 2.45) is 0 Å². The molecule has 2 nitrogen and oxygen atoms in total. The van der Waals surface area contributed by atoms with Crippen LogP contribution in [0.3, 0.4) is 0 Å². The molecule has 0 unspecified atom stereocenters. The molecule has 0 amide bonds. The number of fused-ring (bicyclic) bond motifs is 4. The Labute approximate surface area is 492 Å². The van der Waals surface area contributed by atoms with E-state index in [1.54, 1.807) is 0 Å². The Balaban J connectivity index is 1.19. The molecule has 0 aromatic heterocycles.